The van der Waals surface area contributed by atoms with E-state index in [-0.39, 0.29) is 6.04 Å². The first kappa shape index (κ1) is 17.3. The van der Waals surface area contributed by atoms with Gasteiger partial charge in [0.25, 0.3) is 0 Å². The number of anilines is 2. The molecule has 134 valence electrons. The van der Waals surface area contributed by atoms with Crippen LogP contribution < -0.4 is 20.1 Å². The average molecular weight is 342 g/mol. The molecule has 3 rings (SSSR count). The molecule has 1 aliphatic rings. The number of ether oxygens (including phenoxy) is 2. The highest BCUT2D eigenvalue weighted by Crippen LogP contribution is 2.39. The summed E-state index contributed by atoms with van der Waals surface area (Å²) < 4.78 is 11.0. The minimum absolute atomic E-state index is 0.192. The fourth-order valence-electron chi connectivity index (χ4n) is 3.52. The van der Waals surface area contributed by atoms with E-state index < -0.39 is 0 Å². The van der Waals surface area contributed by atoms with Gasteiger partial charge in [0.15, 0.2) is 0 Å². The Balaban J connectivity index is 2.04. The van der Waals surface area contributed by atoms with Gasteiger partial charge < -0.3 is 20.1 Å². The Morgan fingerprint density at radius 1 is 1.08 bits per heavy atom. The maximum Gasteiger partial charge on any atom is 0.222 e. The normalized spacial score (nSPS) is 17.9. The molecule has 1 aromatic heterocycles. The van der Waals surface area contributed by atoms with Crippen molar-refractivity contribution >= 4 is 11.8 Å². The second kappa shape index (κ2) is 7.59. The summed E-state index contributed by atoms with van der Waals surface area (Å²) in [4.78, 5) is 11.0. The highest BCUT2D eigenvalue weighted by molar-refractivity contribution is 5.50. The Bertz CT molecular complexity index is 715. The smallest absolute Gasteiger partial charge is 0.222 e. The van der Waals surface area contributed by atoms with Crippen LogP contribution in [0.3, 0.4) is 0 Å². The number of aryl methyl sites for hydroxylation is 1. The Hall–Kier alpha value is -2.50. The lowest BCUT2D eigenvalue weighted by Gasteiger charge is -2.32. The van der Waals surface area contributed by atoms with Gasteiger partial charge in [0.05, 0.1) is 20.3 Å². The van der Waals surface area contributed by atoms with E-state index in [1.165, 1.54) is 12.8 Å². The summed E-state index contributed by atoms with van der Waals surface area (Å²) >= 11 is 0. The van der Waals surface area contributed by atoms with Crippen LogP contribution >= 0.6 is 0 Å². The first-order valence-corrected chi connectivity index (χ1v) is 8.72. The molecule has 0 spiro atoms. The van der Waals surface area contributed by atoms with Gasteiger partial charge in [0.2, 0.25) is 5.95 Å². The lowest BCUT2D eigenvalue weighted by molar-refractivity contribution is 0.386. The minimum Gasteiger partial charge on any atom is -0.497 e. The third-order valence-electron chi connectivity index (χ3n) is 4.70. The highest BCUT2D eigenvalue weighted by atomic mass is 16.5. The third kappa shape index (κ3) is 3.78. The summed E-state index contributed by atoms with van der Waals surface area (Å²) in [6.07, 6.45) is 4.57. The number of methoxy groups -OCH3 is 2. The summed E-state index contributed by atoms with van der Waals surface area (Å²) in [6.45, 7) is 2.89. The number of nitrogen functional groups attached to an aromatic ring is 1. The number of aromatic nitrogens is 2. The summed E-state index contributed by atoms with van der Waals surface area (Å²) in [5.74, 6) is 2.84. The molecule has 6 nitrogen and oxygen atoms in total. The number of hydrogen-bond acceptors (Lipinski definition) is 6. The molecule has 6 heteroatoms. The van der Waals surface area contributed by atoms with Crippen LogP contribution in [0.5, 0.6) is 11.5 Å². The van der Waals surface area contributed by atoms with Gasteiger partial charge in [-0.25, -0.2) is 4.98 Å². The number of nitrogens with two attached hydrogens (primary N) is 1. The maximum absolute atomic E-state index is 5.89. The summed E-state index contributed by atoms with van der Waals surface area (Å²) in [7, 11) is 3.37. The van der Waals surface area contributed by atoms with Gasteiger partial charge in [-0.1, -0.05) is 12.8 Å². The molecule has 0 aliphatic carbocycles. The number of rotatable bonds is 4. The van der Waals surface area contributed by atoms with Gasteiger partial charge >= 0.3 is 0 Å². The summed E-state index contributed by atoms with van der Waals surface area (Å²) in [5.41, 5.74) is 7.93. The van der Waals surface area contributed by atoms with Gasteiger partial charge in [-0.15, -0.1) is 0 Å². The molecule has 1 aromatic carbocycles. The van der Waals surface area contributed by atoms with E-state index in [4.69, 9.17) is 15.2 Å². The predicted octanol–water partition coefficient (Wildman–Crippen LogP) is 3.51. The van der Waals surface area contributed by atoms with Gasteiger partial charge in [-0.2, -0.15) is 4.98 Å². The zero-order valence-electron chi connectivity index (χ0n) is 15.2. The minimum atomic E-state index is 0.192. The molecule has 1 aliphatic heterocycles. The van der Waals surface area contributed by atoms with Gasteiger partial charge in [0.1, 0.15) is 17.3 Å². The van der Waals surface area contributed by atoms with Crippen molar-refractivity contribution in [2.45, 2.75) is 38.6 Å². The highest BCUT2D eigenvalue weighted by Gasteiger charge is 2.27. The molecule has 0 amide bonds. The molecule has 0 radical (unpaired) electrons. The molecule has 1 saturated heterocycles. The second-order valence-corrected chi connectivity index (χ2v) is 6.39. The van der Waals surface area contributed by atoms with Crippen molar-refractivity contribution in [2.75, 3.05) is 31.4 Å². The van der Waals surface area contributed by atoms with E-state index in [1.807, 2.05) is 25.1 Å². The van der Waals surface area contributed by atoms with Gasteiger partial charge in [-0.3, -0.25) is 0 Å². The van der Waals surface area contributed by atoms with Crippen LogP contribution in [-0.4, -0.2) is 30.7 Å². The van der Waals surface area contributed by atoms with Crippen LogP contribution in [0.2, 0.25) is 0 Å². The maximum atomic E-state index is 5.89. The molecule has 2 N–H and O–H groups in total. The molecular weight excluding hydrogens is 316 g/mol. The van der Waals surface area contributed by atoms with E-state index in [0.717, 1.165) is 48.0 Å². The van der Waals surface area contributed by atoms with Gasteiger partial charge in [0, 0.05) is 29.9 Å². The second-order valence-electron chi connectivity index (χ2n) is 6.39. The monoisotopic (exact) mass is 342 g/mol. The Kier molecular flexibility index (Phi) is 5.26. The first-order valence-electron chi connectivity index (χ1n) is 8.72. The number of nitrogens with zero attached hydrogens (tertiary/aromatic N) is 3. The van der Waals surface area contributed by atoms with E-state index in [2.05, 4.69) is 20.9 Å². The van der Waals surface area contributed by atoms with Crippen molar-refractivity contribution in [1.82, 2.24) is 9.97 Å². The first-order chi connectivity index (χ1) is 12.1. The van der Waals surface area contributed by atoms with Crippen LogP contribution in [0.15, 0.2) is 24.3 Å². The molecule has 1 atom stereocenters. The summed E-state index contributed by atoms with van der Waals surface area (Å²) in [6, 6.07) is 8.22. The largest absolute Gasteiger partial charge is 0.497 e. The van der Waals surface area contributed by atoms with E-state index in [0.29, 0.717) is 5.95 Å². The van der Waals surface area contributed by atoms with Crippen LogP contribution in [0, 0.1) is 6.92 Å². The zero-order chi connectivity index (χ0) is 17.8. The number of benzene rings is 1. The third-order valence-corrected chi connectivity index (χ3v) is 4.70. The number of hydrogen-bond donors (Lipinski definition) is 1. The molecule has 0 bridgehead atoms. The molecular formula is C19H26N4O2. The topological polar surface area (TPSA) is 73.5 Å². The lowest BCUT2D eigenvalue weighted by Crippen LogP contribution is -2.30. The predicted molar refractivity (Wildman–Crippen MR) is 99.3 cm³/mol. The van der Waals surface area contributed by atoms with Crippen molar-refractivity contribution < 1.29 is 9.47 Å². The van der Waals surface area contributed by atoms with Crippen molar-refractivity contribution in [2.24, 2.45) is 0 Å². The van der Waals surface area contributed by atoms with Crippen LogP contribution in [0.4, 0.5) is 11.8 Å². The molecule has 0 unspecified atom stereocenters. The molecule has 0 saturated carbocycles. The molecule has 2 aromatic rings. The fourth-order valence-corrected chi connectivity index (χ4v) is 3.52. The quantitative estimate of drug-likeness (QED) is 0.916. The Morgan fingerprint density at radius 3 is 2.64 bits per heavy atom. The van der Waals surface area contributed by atoms with Crippen molar-refractivity contribution in [3.63, 3.8) is 0 Å². The van der Waals surface area contributed by atoms with Crippen LogP contribution in [0.1, 0.15) is 43.0 Å². The Labute approximate surface area is 149 Å². The van der Waals surface area contributed by atoms with Crippen LogP contribution in [-0.2, 0) is 0 Å². The van der Waals surface area contributed by atoms with E-state index in [9.17, 15) is 0 Å². The van der Waals surface area contributed by atoms with E-state index >= 15 is 0 Å². The van der Waals surface area contributed by atoms with Crippen molar-refractivity contribution in [3.8, 4) is 11.5 Å². The average Bonchev–Trinajstić information content (AvgIpc) is 2.86. The van der Waals surface area contributed by atoms with Crippen molar-refractivity contribution in [1.29, 1.82) is 0 Å². The molecule has 2 heterocycles. The van der Waals surface area contributed by atoms with Gasteiger partial charge in [-0.05, 0) is 31.9 Å². The van der Waals surface area contributed by atoms with E-state index in [1.54, 1.807) is 14.2 Å². The Morgan fingerprint density at radius 2 is 1.92 bits per heavy atom. The van der Waals surface area contributed by atoms with Crippen molar-refractivity contribution in [3.05, 3.63) is 35.5 Å². The molecule has 1 fully saturated rings. The zero-order valence-corrected chi connectivity index (χ0v) is 15.2. The lowest BCUT2D eigenvalue weighted by atomic mass is 9.99. The fraction of sp³-hybridized carbons (Fsp3) is 0.474. The molecule has 25 heavy (non-hydrogen) atoms. The SMILES string of the molecule is COc1ccc([C@H]2CCCCCN2c2cc(C)nc(N)n2)c(OC)c1. The summed E-state index contributed by atoms with van der Waals surface area (Å²) in [5, 5.41) is 0. The van der Waals surface area contributed by atoms with Crippen LogP contribution in [0.25, 0.3) is 0 Å². The standard InChI is InChI=1S/C19H26N4O2/c1-13-11-18(22-19(20)21-13)23-10-6-4-5-7-16(23)15-9-8-14(24-2)12-17(15)25-3/h8-9,11-12,16H,4-7,10H2,1-3H3,(H2,20,21,22)/t16-/m1/s1.